The van der Waals surface area contributed by atoms with Gasteiger partial charge in [0.2, 0.25) is 0 Å². The molecular weight excluding hydrogens is 182 g/mol. The highest BCUT2D eigenvalue weighted by atomic mass is 15.1. The fourth-order valence-electron chi connectivity index (χ4n) is 1.95. The van der Waals surface area contributed by atoms with Crippen molar-refractivity contribution in [2.45, 2.75) is 40.0 Å². The van der Waals surface area contributed by atoms with E-state index in [1.54, 1.807) is 0 Å². The zero-order valence-corrected chi connectivity index (χ0v) is 10.2. The first-order valence-electron chi connectivity index (χ1n) is 6.11. The van der Waals surface area contributed by atoms with Gasteiger partial charge in [-0.2, -0.15) is 0 Å². The van der Waals surface area contributed by atoms with Crippen molar-refractivity contribution in [1.82, 2.24) is 4.90 Å². The standard InChI is InChI=1S/C14H23N/c1-4-6-10-13(3)14-11-8-7-9-12-15(14)5-2/h7-9,11-13H,4-6,10H2,1-3H3. The molecule has 0 radical (unpaired) electrons. The first-order valence-corrected chi connectivity index (χ1v) is 6.11. The molecule has 1 rings (SSSR count). The van der Waals surface area contributed by atoms with Crippen molar-refractivity contribution in [2.24, 2.45) is 5.92 Å². The van der Waals surface area contributed by atoms with Gasteiger partial charge in [-0.15, -0.1) is 0 Å². The SMILES string of the molecule is CCCCC(C)C1=CC=CC=CN1CC. The molecule has 84 valence electrons. The van der Waals surface area contributed by atoms with E-state index in [9.17, 15) is 0 Å². The Morgan fingerprint density at radius 3 is 2.67 bits per heavy atom. The summed E-state index contributed by atoms with van der Waals surface area (Å²) in [7, 11) is 0. The molecule has 0 saturated carbocycles. The van der Waals surface area contributed by atoms with E-state index < -0.39 is 0 Å². The van der Waals surface area contributed by atoms with Crippen LogP contribution >= 0.6 is 0 Å². The van der Waals surface area contributed by atoms with Gasteiger partial charge in [-0.05, 0) is 31.4 Å². The lowest BCUT2D eigenvalue weighted by atomic mass is 9.99. The van der Waals surface area contributed by atoms with Gasteiger partial charge < -0.3 is 4.90 Å². The molecule has 1 unspecified atom stereocenters. The van der Waals surface area contributed by atoms with Gasteiger partial charge in [0, 0.05) is 18.4 Å². The maximum atomic E-state index is 2.35. The fraction of sp³-hybridized carbons (Fsp3) is 0.571. The number of rotatable bonds is 5. The predicted octanol–water partition coefficient (Wildman–Crippen LogP) is 4.10. The summed E-state index contributed by atoms with van der Waals surface area (Å²) in [6.45, 7) is 7.85. The van der Waals surface area contributed by atoms with Gasteiger partial charge in [0.05, 0.1) is 0 Å². The second kappa shape index (κ2) is 6.49. The van der Waals surface area contributed by atoms with E-state index in [1.165, 1.54) is 25.0 Å². The topological polar surface area (TPSA) is 3.24 Å². The lowest BCUT2D eigenvalue weighted by Crippen LogP contribution is -2.20. The van der Waals surface area contributed by atoms with E-state index in [1.807, 2.05) is 0 Å². The number of unbranched alkanes of at least 4 members (excludes halogenated alkanes) is 1. The van der Waals surface area contributed by atoms with Gasteiger partial charge in [0.1, 0.15) is 0 Å². The average molecular weight is 205 g/mol. The summed E-state index contributed by atoms with van der Waals surface area (Å²) < 4.78 is 0. The Hall–Kier alpha value is -0.980. The van der Waals surface area contributed by atoms with Crippen LogP contribution in [0.2, 0.25) is 0 Å². The highest BCUT2D eigenvalue weighted by Crippen LogP contribution is 2.22. The van der Waals surface area contributed by atoms with E-state index in [0.29, 0.717) is 5.92 Å². The van der Waals surface area contributed by atoms with Crippen LogP contribution < -0.4 is 0 Å². The average Bonchev–Trinajstić information content (AvgIpc) is 2.50. The van der Waals surface area contributed by atoms with E-state index in [2.05, 4.69) is 56.2 Å². The molecule has 0 bridgehead atoms. The van der Waals surface area contributed by atoms with Crippen LogP contribution in [-0.2, 0) is 0 Å². The molecule has 0 amide bonds. The number of allylic oxidation sites excluding steroid dienone is 5. The van der Waals surface area contributed by atoms with Crippen LogP contribution in [0, 0.1) is 5.92 Å². The third-order valence-corrected chi connectivity index (χ3v) is 2.92. The molecule has 1 nitrogen and oxygen atoms in total. The van der Waals surface area contributed by atoms with Gasteiger partial charge in [-0.25, -0.2) is 0 Å². The molecule has 1 aliphatic heterocycles. The lowest BCUT2D eigenvalue weighted by Gasteiger charge is -2.26. The summed E-state index contributed by atoms with van der Waals surface area (Å²) in [6, 6.07) is 0. The van der Waals surface area contributed by atoms with Crippen LogP contribution in [0.5, 0.6) is 0 Å². The van der Waals surface area contributed by atoms with Gasteiger partial charge in [0.25, 0.3) is 0 Å². The second-order valence-electron chi connectivity index (χ2n) is 4.15. The van der Waals surface area contributed by atoms with Crippen molar-refractivity contribution >= 4 is 0 Å². The maximum Gasteiger partial charge on any atom is 0.0202 e. The molecule has 1 aliphatic rings. The van der Waals surface area contributed by atoms with Crippen molar-refractivity contribution < 1.29 is 0 Å². The van der Waals surface area contributed by atoms with Crippen LogP contribution in [0.1, 0.15) is 40.0 Å². The second-order valence-corrected chi connectivity index (χ2v) is 4.15. The molecule has 0 fully saturated rings. The normalized spacial score (nSPS) is 17.5. The molecule has 0 N–H and O–H groups in total. The fourth-order valence-corrected chi connectivity index (χ4v) is 1.95. The molecule has 1 atom stereocenters. The largest absolute Gasteiger partial charge is 0.351 e. The highest BCUT2D eigenvalue weighted by molar-refractivity contribution is 5.23. The molecule has 0 aliphatic carbocycles. The number of hydrogen-bond donors (Lipinski definition) is 0. The highest BCUT2D eigenvalue weighted by Gasteiger charge is 2.12. The third-order valence-electron chi connectivity index (χ3n) is 2.92. The minimum absolute atomic E-state index is 0.664. The molecule has 0 aromatic carbocycles. The molecule has 1 heterocycles. The molecule has 0 aromatic rings. The summed E-state index contributed by atoms with van der Waals surface area (Å²) in [6.07, 6.45) is 14.7. The smallest absolute Gasteiger partial charge is 0.0202 e. The van der Waals surface area contributed by atoms with Crippen LogP contribution in [0.3, 0.4) is 0 Å². The van der Waals surface area contributed by atoms with Gasteiger partial charge in [-0.1, -0.05) is 38.8 Å². The Bertz CT molecular complexity index is 261. The van der Waals surface area contributed by atoms with Crippen LogP contribution in [0.4, 0.5) is 0 Å². The molecule has 0 aromatic heterocycles. The summed E-state index contributed by atoms with van der Waals surface area (Å²) in [4.78, 5) is 2.35. The van der Waals surface area contributed by atoms with E-state index in [-0.39, 0.29) is 0 Å². The summed E-state index contributed by atoms with van der Waals surface area (Å²) in [5.41, 5.74) is 1.45. The number of hydrogen-bond acceptors (Lipinski definition) is 1. The molecule has 0 spiro atoms. The van der Waals surface area contributed by atoms with Crippen molar-refractivity contribution in [1.29, 1.82) is 0 Å². The maximum absolute atomic E-state index is 2.35. The molecule has 0 saturated heterocycles. The van der Waals surface area contributed by atoms with Crippen LogP contribution in [-0.4, -0.2) is 11.4 Å². The lowest BCUT2D eigenvalue weighted by molar-refractivity contribution is 0.402. The number of nitrogens with zero attached hydrogens (tertiary/aromatic N) is 1. The molecule has 1 heteroatoms. The van der Waals surface area contributed by atoms with Crippen molar-refractivity contribution in [3.8, 4) is 0 Å². The van der Waals surface area contributed by atoms with E-state index in [0.717, 1.165) is 6.54 Å². The first kappa shape index (κ1) is 12.1. The first-order chi connectivity index (χ1) is 7.29. The quantitative estimate of drug-likeness (QED) is 0.653. The van der Waals surface area contributed by atoms with Crippen molar-refractivity contribution in [3.05, 3.63) is 36.2 Å². The summed E-state index contributed by atoms with van der Waals surface area (Å²) in [5, 5.41) is 0. The van der Waals surface area contributed by atoms with Crippen LogP contribution in [0.15, 0.2) is 36.2 Å². The van der Waals surface area contributed by atoms with Gasteiger partial charge >= 0.3 is 0 Å². The Morgan fingerprint density at radius 2 is 2.00 bits per heavy atom. The van der Waals surface area contributed by atoms with E-state index in [4.69, 9.17) is 0 Å². The minimum Gasteiger partial charge on any atom is -0.351 e. The zero-order valence-electron chi connectivity index (χ0n) is 10.2. The van der Waals surface area contributed by atoms with E-state index >= 15 is 0 Å². The zero-order chi connectivity index (χ0) is 11.1. The monoisotopic (exact) mass is 205 g/mol. The predicted molar refractivity (Wildman–Crippen MR) is 67.4 cm³/mol. The van der Waals surface area contributed by atoms with Crippen molar-refractivity contribution in [2.75, 3.05) is 6.54 Å². The summed E-state index contributed by atoms with van der Waals surface area (Å²) in [5.74, 6) is 0.664. The Kier molecular flexibility index (Phi) is 5.23. The molecular formula is C14H23N. The Balaban J connectivity index is 2.67. The third kappa shape index (κ3) is 3.58. The van der Waals surface area contributed by atoms with Gasteiger partial charge in [-0.3, -0.25) is 0 Å². The Labute approximate surface area is 94.2 Å². The van der Waals surface area contributed by atoms with Crippen LogP contribution in [0.25, 0.3) is 0 Å². The summed E-state index contributed by atoms with van der Waals surface area (Å²) >= 11 is 0. The molecule has 15 heavy (non-hydrogen) atoms. The van der Waals surface area contributed by atoms with Gasteiger partial charge in [0.15, 0.2) is 0 Å². The Morgan fingerprint density at radius 1 is 1.20 bits per heavy atom. The van der Waals surface area contributed by atoms with Crippen molar-refractivity contribution in [3.63, 3.8) is 0 Å². The minimum atomic E-state index is 0.664.